The van der Waals surface area contributed by atoms with Gasteiger partial charge in [0.05, 0.1) is 5.56 Å². The van der Waals surface area contributed by atoms with E-state index in [9.17, 15) is 13.2 Å². The zero-order chi connectivity index (χ0) is 23.0. The van der Waals surface area contributed by atoms with Gasteiger partial charge in [0.25, 0.3) is 6.29 Å². The third-order valence-electron chi connectivity index (χ3n) is 6.68. The lowest BCUT2D eigenvalue weighted by Crippen LogP contribution is -2.45. The summed E-state index contributed by atoms with van der Waals surface area (Å²) in [5, 5.41) is 0. The van der Waals surface area contributed by atoms with Crippen molar-refractivity contribution in [3.05, 3.63) is 52.8 Å². The number of hydrogen-bond acceptors (Lipinski definition) is 2. The quantitative estimate of drug-likeness (QED) is 0.439. The normalized spacial score (nSPS) is 24.7. The Morgan fingerprint density at radius 3 is 2.19 bits per heavy atom. The van der Waals surface area contributed by atoms with Crippen LogP contribution in [0, 0.1) is 23.4 Å². The lowest BCUT2D eigenvalue weighted by atomic mass is 9.77. The van der Waals surface area contributed by atoms with Crippen molar-refractivity contribution < 1.29 is 31.4 Å². The predicted octanol–water partition coefficient (Wildman–Crippen LogP) is 7.39. The molecule has 1 unspecified atom stereocenters. The van der Waals surface area contributed by atoms with Crippen LogP contribution in [0.25, 0.3) is 11.1 Å². The Balaban J connectivity index is 1.65. The predicted molar refractivity (Wildman–Crippen MR) is 111 cm³/mol. The first-order chi connectivity index (χ1) is 15.2. The Hall–Kier alpha value is -2.15. The molecule has 0 N–H and O–H groups in total. The molecule has 0 amide bonds. The maximum absolute atomic E-state index is 15.0. The molecule has 2 aliphatic rings. The summed E-state index contributed by atoms with van der Waals surface area (Å²) in [6.45, 7) is 3.64. The number of ether oxygens (including phenoxy) is 2. The molecule has 1 fully saturated rings. The molecular formula is C25H27F5O2. The van der Waals surface area contributed by atoms with Gasteiger partial charge in [-0.1, -0.05) is 13.3 Å². The third-order valence-corrected chi connectivity index (χ3v) is 6.68. The van der Waals surface area contributed by atoms with Gasteiger partial charge in [-0.3, -0.25) is 0 Å². The highest BCUT2D eigenvalue weighted by Gasteiger charge is 2.47. The molecule has 1 aliphatic carbocycles. The molecule has 0 radical (unpaired) electrons. The van der Waals surface area contributed by atoms with Crippen molar-refractivity contribution >= 4 is 0 Å². The average Bonchev–Trinajstić information content (AvgIpc) is 2.74. The van der Waals surface area contributed by atoms with Crippen LogP contribution in [0.1, 0.15) is 63.0 Å². The molecule has 1 saturated carbocycles. The molecule has 1 atom stereocenters. The first kappa shape index (κ1) is 23.0. The van der Waals surface area contributed by atoms with E-state index in [2.05, 4.69) is 6.92 Å². The summed E-state index contributed by atoms with van der Waals surface area (Å²) in [6, 6.07) is 4.67. The molecule has 2 aromatic rings. The SMILES string of the molecule is CCOC1Oc2c(F)cc(-c3c(F)cc(C4CCC(CC)CC4)cc3F)cc2CC1(F)F. The molecule has 0 saturated heterocycles. The minimum absolute atomic E-state index is 0.0296. The standard InChI is InChI=1S/C25H27F5O2/c1-3-14-5-7-15(8-6-14)16-10-19(26)22(20(27)11-16)17-9-18-13-25(29,30)24(31-4-2)32-23(18)21(28)12-17/h9-12,14-15,24H,3-8,13H2,1-2H3. The maximum atomic E-state index is 15.0. The van der Waals surface area contributed by atoms with Gasteiger partial charge in [0.1, 0.15) is 11.6 Å². The van der Waals surface area contributed by atoms with Gasteiger partial charge in [0.15, 0.2) is 11.6 Å². The van der Waals surface area contributed by atoms with Crippen LogP contribution >= 0.6 is 0 Å². The molecule has 7 heteroatoms. The highest BCUT2D eigenvalue weighted by atomic mass is 19.3. The fraction of sp³-hybridized carbons (Fsp3) is 0.520. The summed E-state index contributed by atoms with van der Waals surface area (Å²) in [4.78, 5) is 0. The highest BCUT2D eigenvalue weighted by Crippen LogP contribution is 2.43. The number of hydrogen-bond donors (Lipinski definition) is 0. The maximum Gasteiger partial charge on any atom is 0.313 e. The van der Waals surface area contributed by atoms with Crippen molar-refractivity contribution in [2.75, 3.05) is 6.61 Å². The van der Waals surface area contributed by atoms with Gasteiger partial charge >= 0.3 is 5.92 Å². The molecule has 0 bridgehead atoms. The van der Waals surface area contributed by atoms with Gasteiger partial charge in [-0.2, -0.15) is 8.78 Å². The summed E-state index contributed by atoms with van der Waals surface area (Å²) < 4.78 is 83.4. The van der Waals surface area contributed by atoms with Crippen molar-refractivity contribution in [3.63, 3.8) is 0 Å². The van der Waals surface area contributed by atoms with E-state index in [0.717, 1.165) is 38.2 Å². The molecule has 1 aliphatic heterocycles. The van der Waals surface area contributed by atoms with Crippen LogP contribution in [0.4, 0.5) is 22.0 Å². The van der Waals surface area contributed by atoms with E-state index in [1.165, 1.54) is 25.1 Å². The number of benzene rings is 2. The Kier molecular flexibility index (Phi) is 6.48. The lowest BCUT2D eigenvalue weighted by molar-refractivity contribution is -0.226. The largest absolute Gasteiger partial charge is 0.455 e. The van der Waals surface area contributed by atoms with Crippen molar-refractivity contribution in [1.82, 2.24) is 0 Å². The average molecular weight is 454 g/mol. The Morgan fingerprint density at radius 1 is 0.938 bits per heavy atom. The monoisotopic (exact) mass is 454 g/mol. The van der Waals surface area contributed by atoms with Crippen LogP contribution < -0.4 is 4.74 Å². The van der Waals surface area contributed by atoms with Gasteiger partial charge in [0, 0.05) is 18.6 Å². The van der Waals surface area contributed by atoms with E-state index >= 15 is 8.78 Å². The fourth-order valence-corrected chi connectivity index (χ4v) is 4.90. The number of alkyl halides is 2. The van der Waals surface area contributed by atoms with Crippen molar-refractivity contribution in [3.8, 4) is 16.9 Å². The fourth-order valence-electron chi connectivity index (χ4n) is 4.90. The van der Waals surface area contributed by atoms with Crippen LogP contribution in [-0.2, 0) is 11.2 Å². The molecule has 174 valence electrons. The van der Waals surface area contributed by atoms with Crippen LogP contribution in [-0.4, -0.2) is 18.8 Å². The van der Waals surface area contributed by atoms with Gasteiger partial charge < -0.3 is 9.47 Å². The second kappa shape index (κ2) is 9.00. The van der Waals surface area contributed by atoms with E-state index in [0.29, 0.717) is 11.5 Å². The van der Waals surface area contributed by atoms with Gasteiger partial charge in [-0.05, 0) is 79.8 Å². The molecular weight excluding hydrogens is 427 g/mol. The van der Waals surface area contributed by atoms with Gasteiger partial charge in [-0.15, -0.1) is 0 Å². The topological polar surface area (TPSA) is 18.5 Å². The molecule has 0 spiro atoms. The van der Waals surface area contributed by atoms with Crippen LogP contribution in [0.15, 0.2) is 24.3 Å². The number of halogens is 5. The first-order valence-corrected chi connectivity index (χ1v) is 11.2. The molecule has 2 aromatic carbocycles. The smallest absolute Gasteiger partial charge is 0.313 e. The molecule has 2 nitrogen and oxygen atoms in total. The number of rotatable bonds is 5. The molecule has 0 aromatic heterocycles. The van der Waals surface area contributed by atoms with Gasteiger partial charge in [0.2, 0.25) is 0 Å². The van der Waals surface area contributed by atoms with E-state index in [-0.39, 0.29) is 29.4 Å². The van der Waals surface area contributed by atoms with Crippen molar-refractivity contribution in [1.29, 1.82) is 0 Å². The van der Waals surface area contributed by atoms with Crippen LogP contribution in [0.5, 0.6) is 5.75 Å². The zero-order valence-electron chi connectivity index (χ0n) is 18.2. The molecule has 32 heavy (non-hydrogen) atoms. The molecule has 4 rings (SSSR count). The summed E-state index contributed by atoms with van der Waals surface area (Å²) in [5.74, 6) is -5.64. The molecule has 1 heterocycles. The second-order valence-electron chi connectivity index (χ2n) is 8.77. The minimum atomic E-state index is -3.40. The lowest BCUT2D eigenvalue weighted by Gasteiger charge is -2.33. The Bertz CT molecular complexity index is 960. The first-order valence-electron chi connectivity index (χ1n) is 11.2. The zero-order valence-corrected chi connectivity index (χ0v) is 18.2. The Morgan fingerprint density at radius 2 is 1.59 bits per heavy atom. The van der Waals surface area contributed by atoms with Crippen LogP contribution in [0.2, 0.25) is 0 Å². The summed E-state index contributed by atoms with van der Waals surface area (Å²) in [5.41, 5.74) is -0.118. The van der Waals surface area contributed by atoms with Gasteiger partial charge in [-0.25, -0.2) is 13.2 Å². The highest BCUT2D eigenvalue weighted by molar-refractivity contribution is 5.68. The van der Waals surface area contributed by atoms with Crippen molar-refractivity contribution in [2.24, 2.45) is 5.92 Å². The van der Waals surface area contributed by atoms with Crippen LogP contribution in [0.3, 0.4) is 0 Å². The van der Waals surface area contributed by atoms with E-state index in [1.807, 2.05) is 0 Å². The van der Waals surface area contributed by atoms with E-state index < -0.39 is 41.6 Å². The Labute approximate surface area is 184 Å². The number of fused-ring (bicyclic) bond motifs is 1. The van der Waals surface area contributed by atoms with Crippen molar-refractivity contribution in [2.45, 2.75) is 70.5 Å². The summed E-state index contributed by atoms with van der Waals surface area (Å²) in [7, 11) is 0. The third kappa shape index (κ3) is 4.36. The second-order valence-corrected chi connectivity index (χ2v) is 8.77. The van der Waals surface area contributed by atoms with E-state index in [1.54, 1.807) is 0 Å². The summed E-state index contributed by atoms with van der Waals surface area (Å²) >= 11 is 0. The summed E-state index contributed by atoms with van der Waals surface area (Å²) in [6.07, 6.45) is 2.15. The minimum Gasteiger partial charge on any atom is -0.455 e. The van der Waals surface area contributed by atoms with E-state index in [4.69, 9.17) is 9.47 Å².